The number of benzene rings is 2. The maximum atomic E-state index is 11.5. The maximum Gasteiger partial charge on any atom is 0.280 e. The summed E-state index contributed by atoms with van der Waals surface area (Å²) in [6.07, 6.45) is 0.652. The number of rotatable bonds is 4. The summed E-state index contributed by atoms with van der Waals surface area (Å²) < 4.78 is 0. The van der Waals surface area contributed by atoms with Crippen LogP contribution in [0.5, 0.6) is 0 Å². The molecule has 21 heavy (non-hydrogen) atoms. The van der Waals surface area contributed by atoms with E-state index in [4.69, 9.17) is 0 Å². The zero-order valence-electron chi connectivity index (χ0n) is 12.5. The van der Waals surface area contributed by atoms with Crippen LogP contribution >= 0.6 is 0 Å². The average Bonchev–Trinajstić information content (AvgIpc) is 2.50. The van der Waals surface area contributed by atoms with Gasteiger partial charge in [0.15, 0.2) is 5.78 Å². The number of hydrogen-bond donors (Lipinski definition) is 0. The maximum absolute atomic E-state index is 11.5. The number of nitro benzene ring substituents is 1. The summed E-state index contributed by atoms with van der Waals surface area (Å²) in [4.78, 5) is 21.8. The minimum absolute atomic E-state index is 0.135. The van der Waals surface area contributed by atoms with E-state index in [2.05, 4.69) is 0 Å². The van der Waals surface area contributed by atoms with Gasteiger partial charge in [-0.15, -0.1) is 0 Å². The van der Waals surface area contributed by atoms with Crippen molar-refractivity contribution in [2.24, 2.45) is 0 Å². The van der Waals surface area contributed by atoms with Gasteiger partial charge in [0, 0.05) is 6.07 Å². The summed E-state index contributed by atoms with van der Waals surface area (Å²) in [6, 6.07) is 14.5. The molecule has 0 aliphatic heterocycles. The molecule has 0 spiro atoms. The quantitative estimate of drug-likeness (QED) is 0.475. The van der Waals surface area contributed by atoms with Crippen LogP contribution in [-0.4, -0.2) is 10.7 Å². The highest BCUT2D eigenvalue weighted by Crippen LogP contribution is 2.22. The van der Waals surface area contributed by atoms with Gasteiger partial charge in [0.2, 0.25) is 0 Å². The Balaban J connectivity index is 0.00000106. The lowest BCUT2D eigenvalue weighted by Crippen LogP contribution is -2.01. The third-order valence-electron chi connectivity index (χ3n) is 2.89. The largest absolute Gasteiger partial charge is 0.294 e. The van der Waals surface area contributed by atoms with E-state index >= 15 is 0 Å². The fourth-order valence-corrected chi connectivity index (χ4v) is 1.97. The normalized spacial score (nSPS) is 9.48. The molecular weight excluding hydrogens is 266 g/mol. The standard InChI is InChI=1S/C15H13NO3.C2H6/c1-11(17)14-10-13(7-8-15(14)16(18)19)9-12-5-3-2-4-6-12;1-2/h2-8,10H,9H2,1H3;1-2H3. The second-order valence-corrected chi connectivity index (χ2v) is 4.33. The molecule has 4 nitrogen and oxygen atoms in total. The summed E-state index contributed by atoms with van der Waals surface area (Å²) in [5.41, 5.74) is 2.02. The molecule has 0 N–H and O–H groups in total. The van der Waals surface area contributed by atoms with Gasteiger partial charge >= 0.3 is 0 Å². The number of ketones is 1. The summed E-state index contributed by atoms with van der Waals surface area (Å²) >= 11 is 0. The van der Waals surface area contributed by atoms with Gasteiger partial charge in [0.1, 0.15) is 0 Å². The number of Topliss-reactive ketones (excluding diaryl/α,β-unsaturated/α-hetero) is 1. The van der Waals surface area contributed by atoms with Crippen molar-refractivity contribution < 1.29 is 9.72 Å². The van der Waals surface area contributed by atoms with Crippen molar-refractivity contribution >= 4 is 11.5 Å². The highest BCUT2D eigenvalue weighted by molar-refractivity contribution is 5.98. The van der Waals surface area contributed by atoms with Gasteiger partial charge in [-0.3, -0.25) is 14.9 Å². The van der Waals surface area contributed by atoms with Crippen molar-refractivity contribution in [1.29, 1.82) is 0 Å². The van der Waals surface area contributed by atoms with Gasteiger partial charge in [-0.1, -0.05) is 50.2 Å². The summed E-state index contributed by atoms with van der Waals surface area (Å²) in [7, 11) is 0. The monoisotopic (exact) mass is 285 g/mol. The topological polar surface area (TPSA) is 60.2 Å². The molecule has 0 bridgehead atoms. The predicted molar refractivity (Wildman–Crippen MR) is 83.7 cm³/mol. The molecule has 0 saturated heterocycles. The first-order valence-corrected chi connectivity index (χ1v) is 6.90. The molecule has 2 aromatic rings. The van der Waals surface area contributed by atoms with E-state index in [0.717, 1.165) is 11.1 Å². The molecule has 0 aliphatic rings. The molecule has 2 aromatic carbocycles. The molecule has 0 amide bonds. The Bertz CT molecular complexity index is 621. The molecule has 0 atom stereocenters. The van der Waals surface area contributed by atoms with Crippen LogP contribution in [-0.2, 0) is 6.42 Å². The van der Waals surface area contributed by atoms with Crippen molar-refractivity contribution in [1.82, 2.24) is 0 Å². The third-order valence-corrected chi connectivity index (χ3v) is 2.89. The van der Waals surface area contributed by atoms with Crippen LogP contribution in [0.4, 0.5) is 5.69 Å². The molecule has 0 unspecified atom stereocenters. The lowest BCUT2D eigenvalue weighted by Gasteiger charge is -2.04. The Morgan fingerprint density at radius 2 is 1.67 bits per heavy atom. The number of nitrogens with zero attached hydrogens (tertiary/aromatic N) is 1. The van der Waals surface area contributed by atoms with Crippen molar-refractivity contribution in [2.45, 2.75) is 27.2 Å². The van der Waals surface area contributed by atoms with Gasteiger partial charge in [0.05, 0.1) is 10.5 Å². The van der Waals surface area contributed by atoms with Crippen molar-refractivity contribution in [2.75, 3.05) is 0 Å². The van der Waals surface area contributed by atoms with Crippen molar-refractivity contribution in [3.63, 3.8) is 0 Å². The Morgan fingerprint density at radius 3 is 2.19 bits per heavy atom. The average molecular weight is 285 g/mol. The number of hydrogen-bond acceptors (Lipinski definition) is 3. The van der Waals surface area contributed by atoms with Crippen LogP contribution in [0.3, 0.4) is 0 Å². The Labute approximate surface area is 124 Å². The number of carbonyl (C=O) groups excluding carboxylic acids is 1. The molecular formula is C17H19NO3. The Kier molecular flexibility index (Phi) is 6.27. The first kappa shape index (κ1) is 16.6. The SMILES string of the molecule is CC.CC(=O)c1cc(Cc2ccccc2)ccc1[N+](=O)[O-]. The van der Waals surface area contributed by atoms with Crippen LogP contribution in [0, 0.1) is 10.1 Å². The van der Waals surface area contributed by atoms with E-state index in [1.807, 2.05) is 44.2 Å². The van der Waals surface area contributed by atoms with Gasteiger partial charge in [-0.25, -0.2) is 0 Å². The molecule has 0 fully saturated rings. The van der Waals surface area contributed by atoms with Gasteiger partial charge in [-0.2, -0.15) is 0 Å². The first-order valence-electron chi connectivity index (χ1n) is 6.90. The van der Waals surface area contributed by atoms with Crippen LogP contribution in [0.15, 0.2) is 48.5 Å². The second-order valence-electron chi connectivity index (χ2n) is 4.33. The second kappa shape index (κ2) is 7.94. The summed E-state index contributed by atoms with van der Waals surface area (Å²) in [5.74, 6) is -0.290. The van der Waals surface area contributed by atoms with E-state index in [-0.39, 0.29) is 17.0 Å². The van der Waals surface area contributed by atoms with Gasteiger partial charge in [0.25, 0.3) is 5.69 Å². The van der Waals surface area contributed by atoms with Crippen LogP contribution in [0.1, 0.15) is 42.3 Å². The van der Waals surface area contributed by atoms with E-state index in [9.17, 15) is 14.9 Å². The predicted octanol–water partition coefficient (Wildman–Crippen LogP) is 4.41. The number of nitro groups is 1. The zero-order valence-corrected chi connectivity index (χ0v) is 12.5. The summed E-state index contributed by atoms with van der Waals surface area (Å²) in [5, 5.41) is 10.8. The third kappa shape index (κ3) is 4.53. The molecule has 0 saturated carbocycles. The smallest absolute Gasteiger partial charge is 0.280 e. The van der Waals surface area contributed by atoms with E-state index < -0.39 is 4.92 Å². The first-order chi connectivity index (χ1) is 10.1. The molecule has 2 rings (SSSR count). The summed E-state index contributed by atoms with van der Waals surface area (Å²) in [6.45, 7) is 5.34. The minimum Gasteiger partial charge on any atom is -0.294 e. The van der Waals surface area contributed by atoms with Gasteiger partial charge in [-0.05, 0) is 30.5 Å². The fraction of sp³-hybridized carbons (Fsp3) is 0.235. The van der Waals surface area contributed by atoms with Crippen LogP contribution in [0.2, 0.25) is 0 Å². The Hall–Kier alpha value is -2.49. The molecule has 0 aliphatic carbocycles. The molecule has 4 heteroatoms. The molecule has 110 valence electrons. The molecule has 0 aromatic heterocycles. The lowest BCUT2D eigenvalue weighted by molar-refractivity contribution is -0.385. The van der Waals surface area contributed by atoms with Crippen molar-refractivity contribution in [3.8, 4) is 0 Å². The number of carbonyl (C=O) groups is 1. The van der Waals surface area contributed by atoms with E-state index in [1.165, 1.54) is 13.0 Å². The van der Waals surface area contributed by atoms with E-state index in [1.54, 1.807) is 12.1 Å². The highest BCUT2D eigenvalue weighted by Gasteiger charge is 2.17. The van der Waals surface area contributed by atoms with Crippen LogP contribution < -0.4 is 0 Å². The van der Waals surface area contributed by atoms with Crippen LogP contribution in [0.25, 0.3) is 0 Å². The molecule has 0 heterocycles. The fourth-order valence-electron chi connectivity index (χ4n) is 1.97. The molecule has 0 radical (unpaired) electrons. The van der Waals surface area contributed by atoms with E-state index in [0.29, 0.717) is 6.42 Å². The minimum atomic E-state index is -0.525. The van der Waals surface area contributed by atoms with Gasteiger partial charge < -0.3 is 0 Å². The lowest BCUT2D eigenvalue weighted by atomic mass is 10.0. The zero-order chi connectivity index (χ0) is 15.8. The van der Waals surface area contributed by atoms with Crippen molar-refractivity contribution in [3.05, 3.63) is 75.3 Å². The highest BCUT2D eigenvalue weighted by atomic mass is 16.6. The Morgan fingerprint density at radius 1 is 1.05 bits per heavy atom.